The minimum Gasteiger partial charge on any atom is -0.273 e. The Labute approximate surface area is 115 Å². The number of carbonyl (C=O) groups is 2. The van der Waals surface area contributed by atoms with Gasteiger partial charge in [-0.2, -0.15) is 0 Å². The van der Waals surface area contributed by atoms with Crippen LogP contribution in [0.4, 0.5) is 10.5 Å². The van der Waals surface area contributed by atoms with Crippen LogP contribution in [0.1, 0.15) is 5.56 Å². The van der Waals surface area contributed by atoms with Crippen LogP contribution < -0.4 is 0 Å². The third kappa shape index (κ3) is 2.54. The number of rotatable bonds is 3. The Bertz CT molecular complexity index is 533. The van der Waals surface area contributed by atoms with Crippen LogP contribution in [0.15, 0.2) is 22.7 Å². The van der Waals surface area contributed by atoms with Gasteiger partial charge in [0.1, 0.15) is 0 Å². The molecule has 0 aromatic heterocycles. The molecule has 0 bridgehead atoms. The van der Waals surface area contributed by atoms with Crippen LogP contribution in [-0.4, -0.2) is 26.7 Å². The van der Waals surface area contributed by atoms with Gasteiger partial charge >= 0.3 is 0 Å². The fraction of sp³-hybridized carbons (Fsp3) is 0.200. The molecule has 8 heteroatoms. The highest BCUT2D eigenvalue weighted by Gasteiger charge is 2.30. The summed E-state index contributed by atoms with van der Waals surface area (Å²) in [7, 11) is 0. The molecule has 2 rings (SSSR count). The Morgan fingerprint density at radius 1 is 1.44 bits per heavy atom. The monoisotopic (exact) mass is 330 g/mol. The van der Waals surface area contributed by atoms with Crippen molar-refractivity contribution in [3.8, 4) is 0 Å². The van der Waals surface area contributed by atoms with Gasteiger partial charge in [0.05, 0.1) is 21.7 Å². The van der Waals surface area contributed by atoms with Crippen molar-refractivity contribution in [3.05, 3.63) is 38.3 Å². The van der Waals surface area contributed by atoms with E-state index >= 15 is 0 Å². The molecule has 2 amide bonds. The van der Waals surface area contributed by atoms with Gasteiger partial charge in [-0.05, 0) is 27.6 Å². The first-order valence-electron chi connectivity index (χ1n) is 4.89. The maximum absolute atomic E-state index is 11.4. The van der Waals surface area contributed by atoms with Crippen LogP contribution in [0.2, 0.25) is 0 Å². The molecule has 1 heterocycles. The number of amides is 2. The Balaban J connectivity index is 2.24. The van der Waals surface area contributed by atoms with Gasteiger partial charge in [-0.25, -0.2) is 0 Å². The maximum atomic E-state index is 11.4. The second kappa shape index (κ2) is 5.07. The van der Waals surface area contributed by atoms with Crippen LogP contribution in [0.25, 0.3) is 0 Å². The molecule has 94 valence electrons. The normalized spacial score (nSPS) is 15.3. The molecule has 1 aromatic carbocycles. The van der Waals surface area contributed by atoms with Gasteiger partial charge in [0, 0.05) is 6.07 Å². The summed E-state index contributed by atoms with van der Waals surface area (Å²) in [4.78, 5) is 34.2. The van der Waals surface area contributed by atoms with Crippen molar-refractivity contribution in [3.63, 3.8) is 0 Å². The number of thioether (sulfide) groups is 1. The number of carbonyl (C=O) groups excluding carboxylic acids is 2. The largest absolute Gasteiger partial charge is 0.289 e. The molecule has 0 atom stereocenters. The highest BCUT2D eigenvalue weighted by atomic mass is 79.9. The van der Waals surface area contributed by atoms with Crippen LogP contribution in [0.3, 0.4) is 0 Å². The van der Waals surface area contributed by atoms with E-state index in [9.17, 15) is 19.7 Å². The first kappa shape index (κ1) is 13.0. The van der Waals surface area contributed by atoms with Crippen molar-refractivity contribution in [2.45, 2.75) is 6.54 Å². The Hall–Kier alpha value is -1.41. The topological polar surface area (TPSA) is 80.5 Å². The van der Waals surface area contributed by atoms with E-state index in [0.717, 1.165) is 16.7 Å². The SMILES string of the molecule is O=C1CSC(=O)N1Cc1ccc(Br)c([N+](=O)[O-])c1. The molecule has 1 aliphatic rings. The van der Waals surface area contributed by atoms with Gasteiger partial charge in [0.25, 0.3) is 10.9 Å². The quantitative estimate of drug-likeness (QED) is 0.628. The molecule has 0 aliphatic carbocycles. The third-order valence-corrected chi connectivity index (χ3v) is 3.92. The van der Waals surface area contributed by atoms with Crippen molar-refractivity contribution >= 4 is 44.5 Å². The minimum atomic E-state index is -0.518. The summed E-state index contributed by atoms with van der Waals surface area (Å²) in [6.07, 6.45) is 0. The number of halogens is 1. The summed E-state index contributed by atoms with van der Waals surface area (Å²) >= 11 is 4.01. The lowest BCUT2D eigenvalue weighted by Gasteiger charge is -2.12. The number of nitro benzene ring substituents is 1. The number of imide groups is 1. The van der Waals surface area contributed by atoms with Crippen molar-refractivity contribution in [1.82, 2.24) is 4.90 Å². The lowest BCUT2D eigenvalue weighted by atomic mass is 10.2. The first-order chi connectivity index (χ1) is 8.49. The zero-order valence-corrected chi connectivity index (χ0v) is 11.4. The fourth-order valence-electron chi connectivity index (χ4n) is 1.51. The van der Waals surface area contributed by atoms with Crippen molar-refractivity contribution in [1.29, 1.82) is 0 Å². The second-order valence-corrected chi connectivity index (χ2v) is 5.36. The predicted molar refractivity (Wildman–Crippen MR) is 69.2 cm³/mol. The van der Waals surface area contributed by atoms with Crippen molar-refractivity contribution in [2.75, 3.05) is 5.75 Å². The number of benzene rings is 1. The van der Waals surface area contributed by atoms with Gasteiger partial charge in [-0.1, -0.05) is 17.8 Å². The molecule has 6 nitrogen and oxygen atoms in total. The summed E-state index contributed by atoms with van der Waals surface area (Å²) in [6, 6.07) is 4.53. The van der Waals surface area contributed by atoms with E-state index in [2.05, 4.69) is 15.9 Å². The van der Waals surface area contributed by atoms with Crippen LogP contribution in [-0.2, 0) is 11.3 Å². The number of hydrogen-bond donors (Lipinski definition) is 0. The predicted octanol–water partition coefficient (Wildman–Crippen LogP) is 2.55. The number of nitrogens with zero attached hydrogens (tertiary/aromatic N) is 2. The summed E-state index contributed by atoms with van der Waals surface area (Å²) in [5.41, 5.74) is 0.466. The van der Waals surface area contributed by atoms with E-state index in [4.69, 9.17) is 0 Å². The molecule has 0 saturated carbocycles. The zero-order chi connectivity index (χ0) is 13.3. The average Bonchev–Trinajstić information content (AvgIpc) is 2.63. The van der Waals surface area contributed by atoms with Gasteiger partial charge in [-0.15, -0.1) is 0 Å². The van der Waals surface area contributed by atoms with Gasteiger partial charge < -0.3 is 0 Å². The van der Waals surface area contributed by atoms with E-state index in [0.29, 0.717) is 10.0 Å². The molecule has 0 radical (unpaired) electrons. The first-order valence-corrected chi connectivity index (χ1v) is 6.67. The molecule has 0 spiro atoms. The van der Waals surface area contributed by atoms with E-state index in [1.165, 1.54) is 12.1 Å². The third-order valence-electron chi connectivity index (χ3n) is 2.39. The molecule has 1 aromatic rings. The lowest BCUT2D eigenvalue weighted by Crippen LogP contribution is -2.27. The zero-order valence-electron chi connectivity index (χ0n) is 8.96. The van der Waals surface area contributed by atoms with E-state index in [1.54, 1.807) is 6.07 Å². The maximum Gasteiger partial charge on any atom is 0.289 e. The number of hydrogen-bond acceptors (Lipinski definition) is 5. The van der Waals surface area contributed by atoms with E-state index in [-0.39, 0.29) is 29.1 Å². The van der Waals surface area contributed by atoms with Crippen molar-refractivity contribution in [2.24, 2.45) is 0 Å². The standard InChI is InChI=1S/C10H7BrN2O4S/c11-7-2-1-6(3-8(7)13(16)17)4-12-9(14)5-18-10(12)15/h1-3H,4-5H2. The minimum absolute atomic E-state index is 0.0682. The molecule has 1 fully saturated rings. The van der Waals surface area contributed by atoms with E-state index in [1.807, 2.05) is 0 Å². The van der Waals surface area contributed by atoms with E-state index < -0.39 is 4.92 Å². The Morgan fingerprint density at radius 3 is 2.72 bits per heavy atom. The molecular weight excluding hydrogens is 324 g/mol. The molecular formula is C10H7BrN2O4S. The smallest absolute Gasteiger partial charge is 0.273 e. The van der Waals surface area contributed by atoms with Crippen LogP contribution in [0, 0.1) is 10.1 Å². The molecule has 0 N–H and O–H groups in total. The summed E-state index contributed by atoms with van der Waals surface area (Å²) < 4.78 is 0.365. The molecule has 0 unspecified atom stereocenters. The Kier molecular flexibility index (Phi) is 3.67. The highest BCUT2D eigenvalue weighted by molar-refractivity contribution is 9.10. The van der Waals surface area contributed by atoms with Gasteiger partial charge in [0.2, 0.25) is 5.91 Å². The van der Waals surface area contributed by atoms with Crippen LogP contribution >= 0.6 is 27.7 Å². The van der Waals surface area contributed by atoms with Crippen molar-refractivity contribution < 1.29 is 14.5 Å². The summed E-state index contributed by atoms with van der Waals surface area (Å²) in [5.74, 6) is -0.132. The van der Waals surface area contributed by atoms with Gasteiger partial charge in [0.15, 0.2) is 0 Å². The molecule has 1 saturated heterocycles. The average molecular weight is 331 g/mol. The molecule has 1 aliphatic heterocycles. The second-order valence-electron chi connectivity index (χ2n) is 3.58. The lowest BCUT2D eigenvalue weighted by molar-refractivity contribution is -0.385. The molecule has 18 heavy (non-hydrogen) atoms. The summed E-state index contributed by atoms with van der Waals surface area (Å²) in [5, 5.41) is 10.4. The van der Waals surface area contributed by atoms with Gasteiger partial charge in [-0.3, -0.25) is 24.6 Å². The number of nitro groups is 1. The summed E-state index contributed by atoms with van der Waals surface area (Å²) in [6.45, 7) is 0.0682. The van der Waals surface area contributed by atoms with Crippen LogP contribution in [0.5, 0.6) is 0 Å². The Morgan fingerprint density at radius 2 is 2.17 bits per heavy atom. The fourth-order valence-corrected chi connectivity index (χ4v) is 2.63. The highest BCUT2D eigenvalue weighted by Crippen LogP contribution is 2.27.